The Hall–Kier alpha value is -3.74. The van der Waals surface area contributed by atoms with Crippen molar-refractivity contribution in [1.29, 1.82) is 0 Å². The predicted octanol–water partition coefficient (Wildman–Crippen LogP) is 6.40. The molecule has 0 spiro atoms. The van der Waals surface area contributed by atoms with Crippen molar-refractivity contribution in [3.8, 4) is 0 Å². The third kappa shape index (κ3) is 16.6. The molecule has 0 aliphatic heterocycles. The molecule has 0 amide bonds. The van der Waals surface area contributed by atoms with Crippen LogP contribution >= 0.6 is 23.8 Å². The molecule has 71 heavy (non-hydrogen) atoms. The van der Waals surface area contributed by atoms with Gasteiger partial charge in [0, 0.05) is 0 Å². The van der Waals surface area contributed by atoms with Gasteiger partial charge in [0.2, 0.25) is 0 Å². The maximum atomic E-state index is 11.1. The zero-order valence-corrected chi connectivity index (χ0v) is 43.6. The molecule has 9 rings (SSSR count). The standard InChI is InChI=1S/3C18H15O3PS.K.Rh.H/c3*19-23(20,21)18-13-11-17(12-14-18)22(15-7-3-1-4-8-15)16-9-5-2-6-10-16;;;/h3*1-14H,(H,19,20,21);;;/q;;;;+3;/p-3. The minimum absolute atomic E-state index is 0. The zero-order valence-electron chi connectivity index (χ0n) is 36.8. The quantitative estimate of drug-likeness (QED) is 0.0764. The summed E-state index contributed by atoms with van der Waals surface area (Å²) in [4.78, 5) is -0.591. The van der Waals surface area contributed by atoms with Crippen molar-refractivity contribution in [2.24, 2.45) is 0 Å². The van der Waals surface area contributed by atoms with Crippen molar-refractivity contribution in [3.05, 3.63) is 255 Å². The second-order valence-electron chi connectivity index (χ2n) is 14.9. The molecule has 0 heterocycles. The van der Waals surface area contributed by atoms with Crippen LogP contribution < -0.4 is 47.7 Å². The van der Waals surface area contributed by atoms with E-state index in [0.717, 1.165) is 15.9 Å². The summed E-state index contributed by atoms with van der Waals surface area (Å²) in [5.74, 6) is 0. The average Bonchev–Trinajstić information content (AvgIpc) is 3.36. The molecule has 0 unspecified atom stereocenters. The molecule has 9 aromatic carbocycles. The summed E-state index contributed by atoms with van der Waals surface area (Å²) in [7, 11) is -15.6. The van der Waals surface area contributed by atoms with Gasteiger partial charge >= 0.3 is 70.9 Å². The maximum Gasteiger partial charge on any atom is 3.00 e. The van der Waals surface area contributed by atoms with Gasteiger partial charge in [0.05, 0.1) is 14.7 Å². The van der Waals surface area contributed by atoms with Crippen LogP contribution in [0.2, 0.25) is 0 Å². The first-order valence-electron chi connectivity index (χ1n) is 21.1. The fourth-order valence-electron chi connectivity index (χ4n) is 7.09. The van der Waals surface area contributed by atoms with E-state index in [9.17, 15) is 38.9 Å². The van der Waals surface area contributed by atoms with Gasteiger partial charge in [-0.2, -0.15) is 0 Å². The van der Waals surface area contributed by atoms with E-state index >= 15 is 0 Å². The summed E-state index contributed by atoms with van der Waals surface area (Å²) >= 11 is 0. The van der Waals surface area contributed by atoms with Crippen molar-refractivity contribution in [1.82, 2.24) is 0 Å². The van der Waals surface area contributed by atoms with Crippen LogP contribution in [0.5, 0.6) is 0 Å². The monoisotopic (exact) mass is 1170 g/mol. The molecule has 0 saturated heterocycles. The largest absolute Gasteiger partial charge is 3.00 e. The maximum absolute atomic E-state index is 11.1. The van der Waals surface area contributed by atoms with E-state index in [1.54, 1.807) is 36.4 Å². The molecule has 0 fully saturated rings. The molecule has 9 aromatic rings. The Morgan fingerprint density at radius 3 is 0.479 bits per heavy atom. The number of benzene rings is 9. The molecule has 0 atom stereocenters. The summed E-state index contributed by atoms with van der Waals surface area (Å²) < 4.78 is 99.9. The minimum Gasteiger partial charge on any atom is 3.00 e. The number of rotatable bonds is 12. The normalized spacial score (nSPS) is 11.2. The van der Waals surface area contributed by atoms with Crippen LogP contribution in [0.4, 0.5) is 0 Å². The van der Waals surface area contributed by atoms with Gasteiger partial charge in [-0.3, -0.25) is 0 Å². The third-order valence-electron chi connectivity index (χ3n) is 10.2. The molecule has 0 saturated carbocycles. The molecule has 0 radical (unpaired) electrons. The predicted molar refractivity (Wildman–Crippen MR) is 286 cm³/mol. The topological polar surface area (TPSA) is 172 Å². The summed E-state index contributed by atoms with van der Waals surface area (Å²) in [5, 5.41) is 10.0. The van der Waals surface area contributed by atoms with Gasteiger partial charge in [0.15, 0.2) is 0 Å². The van der Waals surface area contributed by atoms with Crippen LogP contribution in [0, 0.1) is 0 Å². The SMILES string of the molecule is O=S(=O)([O-])c1ccc(P(c2ccccc2)c2ccccc2)cc1.O=S(=O)([O-])c1ccc(P(c2ccccc2)c2ccccc2)cc1.O=S(=O)([O-])c1ccc(P(c2ccccc2)c2ccccc2)cc1.[KH].[Rh+3]. The van der Waals surface area contributed by atoms with E-state index in [1.165, 1.54) is 68.2 Å². The molecule has 0 aliphatic carbocycles. The first-order chi connectivity index (χ1) is 33.2. The zero-order chi connectivity index (χ0) is 48.9. The Labute approximate surface area is 475 Å². The van der Waals surface area contributed by atoms with Crippen LogP contribution in [0.25, 0.3) is 0 Å². The molecular formula is C54H43KO9P3RhS3. The van der Waals surface area contributed by atoms with Crippen molar-refractivity contribution < 1.29 is 58.4 Å². The second-order valence-corrected chi connectivity index (χ2v) is 25.7. The van der Waals surface area contributed by atoms with Crippen LogP contribution in [0.3, 0.4) is 0 Å². The van der Waals surface area contributed by atoms with Crippen LogP contribution in [-0.4, -0.2) is 90.3 Å². The Balaban J connectivity index is 0.000000195. The Morgan fingerprint density at radius 1 is 0.225 bits per heavy atom. The van der Waals surface area contributed by atoms with Gasteiger partial charge in [-0.05, 0) is 108 Å². The molecule has 9 nitrogen and oxygen atoms in total. The second kappa shape index (κ2) is 27.5. The van der Waals surface area contributed by atoms with Gasteiger partial charge in [-0.15, -0.1) is 0 Å². The Morgan fingerprint density at radius 2 is 0.352 bits per heavy atom. The summed E-state index contributed by atoms with van der Waals surface area (Å²) in [6.45, 7) is 0. The fourth-order valence-corrected chi connectivity index (χ4v) is 15.3. The van der Waals surface area contributed by atoms with Crippen LogP contribution in [-0.2, 0) is 49.8 Å². The molecule has 356 valence electrons. The first-order valence-corrected chi connectivity index (χ1v) is 29.3. The average molecular weight is 1170 g/mol. The molecule has 0 N–H and O–H groups in total. The van der Waals surface area contributed by atoms with Gasteiger partial charge in [-0.1, -0.05) is 218 Å². The van der Waals surface area contributed by atoms with Crippen molar-refractivity contribution in [2.45, 2.75) is 14.7 Å². The molecular weight excluding hydrogens is 1120 g/mol. The third-order valence-corrected chi connectivity index (χ3v) is 20.1. The van der Waals surface area contributed by atoms with Gasteiger partial charge in [0.1, 0.15) is 30.4 Å². The minimum atomic E-state index is -4.42. The van der Waals surface area contributed by atoms with E-state index in [0.29, 0.717) is 0 Å². The number of hydrogen-bond donors (Lipinski definition) is 0. The van der Waals surface area contributed by atoms with Gasteiger partial charge in [0.25, 0.3) is 0 Å². The van der Waals surface area contributed by atoms with Crippen molar-refractivity contribution in [2.75, 3.05) is 0 Å². The van der Waals surface area contributed by atoms with Crippen molar-refractivity contribution in [3.63, 3.8) is 0 Å². The summed E-state index contributed by atoms with van der Waals surface area (Å²) in [6.07, 6.45) is 0. The Kier molecular flexibility index (Phi) is 22.5. The molecule has 0 bridgehead atoms. The molecule has 0 aliphatic rings. The van der Waals surface area contributed by atoms with Gasteiger partial charge in [-0.25, -0.2) is 25.3 Å². The molecule has 17 heteroatoms. The van der Waals surface area contributed by atoms with E-state index in [-0.39, 0.29) is 85.5 Å². The van der Waals surface area contributed by atoms with Crippen LogP contribution in [0.1, 0.15) is 0 Å². The van der Waals surface area contributed by atoms with E-state index < -0.39 is 54.1 Å². The van der Waals surface area contributed by atoms with Crippen LogP contribution in [0.15, 0.2) is 269 Å². The van der Waals surface area contributed by atoms with E-state index in [1.807, 2.05) is 109 Å². The van der Waals surface area contributed by atoms with E-state index in [2.05, 4.69) is 72.8 Å². The summed E-state index contributed by atoms with van der Waals surface area (Å²) in [6, 6.07) is 79.2. The smallest absolute Gasteiger partial charge is 3.00 e. The van der Waals surface area contributed by atoms with Crippen molar-refractivity contribution >= 4 is 153 Å². The fraction of sp³-hybridized carbons (Fsp3) is 0. The number of hydrogen-bond acceptors (Lipinski definition) is 9. The van der Waals surface area contributed by atoms with E-state index in [4.69, 9.17) is 0 Å². The van der Waals surface area contributed by atoms with Gasteiger partial charge < -0.3 is 13.7 Å². The first kappa shape index (κ1) is 58.2. The summed E-state index contributed by atoms with van der Waals surface area (Å²) in [5.41, 5.74) is 0. The molecule has 0 aromatic heterocycles. The Bertz CT molecular complexity index is 2890.